The molecule has 0 fully saturated rings. The molecule has 2 nitrogen and oxygen atoms in total. The molecule has 0 bridgehead atoms. The molecule has 0 radical (unpaired) electrons. The van der Waals surface area contributed by atoms with Crippen LogP contribution in [-0.4, -0.2) is 24.2 Å². The van der Waals surface area contributed by atoms with Gasteiger partial charge in [-0.3, -0.25) is 0 Å². The zero-order valence-electron chi connectivity index (χ0n) is 10.2. The fraction of sp³-hybridized carbons (Fsp3) is 0.571. The Morgan fingerprint density at radius 1 is 1.19 bits per heavy atom. The summed E-state index contributed by atoms with van der Waals surface area (Å²) in [5.41, 5.74) is -1.66. The van der Waals surface area contributed by atoms with Gasteiger partial charge in [0.1, 0.15) is 0 Å². The monoisotopic (exact) mass is 257 g/mol. The van der Waals surface area contributed by atoms with E-state index in [2.05, 4.69) is 11.3 Å². The van der Waals surface area contributed by atoms with Crippen molar-refractivity contribution in [2.45, 2.75) is 25.1 Å². The molecule has 0 rings (SSSR count). The Balaban J connectivity index is 5.20. The molecule has 94 valence electrons. The molecule has 0 saturated carbocycles. The molecule has 0 unspecified atom stereocenters. The van der Waals surface area contributed by atoms with Crippen LogP contribution in [0.2, 0.25) is 0 Å². The number of carbonyl (C=O) groups is 1. The Kier molecular flexibility index (Phi) is 2.44. The lowest BCUT2D eigenvalue weighted by Crippen LogP contribution is -2.54. The van der Waals surface area contributed by atoms with Gasteiger partial charge in [0, 0.05) is 9.69 Å². The summed E-state index contributed by atoms with van der Waals surface area (Å²) < 4.78 is 107. The maximum atomic E-state index is 12.6. The minimum absolute atomic E-state index is 1.66. The summed E-state index contributed by atoms with van der Waals surface area (Å²) >= 11 is 0. The highest BCUT2D eigenvalue weighted by molar-refractivity contribution is 5.87. The smallest absolute Gasteiger partial charge is 0.392 e. The number of hydrogen-bond acceptors (Lipinski definition) is 2. The van der Waals surface area contributed by atoms with Crippen LogP contribution < -0.4 is 0 Å². The second kappa shape index (κ2) is 3.95. The number of hydrogen-bond donors (Lipinski definition) is 0. The van der Waals surface area contributed by atoms with Crippen molar-refractivity contribution < 1.29 is 44.4 Å². The van der Waals surface area contributed by atoms with Gasteiger partial charge in [-0.05, 0) is 6.85 Å². The number of halogens is 7. The van der Waals surface area contributed by atoms with Crippen LogP contribution in [0.15, 0.2) is 12.2 Å². The lowest BCUT2D eigenvalue weighted by molar-refractivity contribution is -0.411. The lowest BCUT2D eigenvalue weighted by Gasteiger charge is -2.26. The van der Waals surface area contributed by atoms with Crippen LogP contribution >= 0.6 is 0 Å². The van der Waals surface area contributed by atoms with Crippen LogP contribution in [0.25, 0.3) is 0 Å². The van der Waals surface area contributed by atoms with Crippen molar-refractivity contribution >= 4 is 5.97 Å². The van der Waals surface area contributed by atoms with E-state index in [1.807, 2.05) is 0 Å². The third-order valence-electron chi connectivity index (χ3n) is 1.19. The Morgan fingerprint density at radius 2 is 1.62 bits per heavy atom. The van der Waals surface area contributed by atoms with Crippen molar-refractivity contribution in [2.75, 3.05) is 0 Å². The van der Waals surface area contributed by atoms with Gasteiger partial charge in [0.15, 0.2) is 0 Å². The van der Waals surface area contributed by atoms with E-state index in [1.165, 1.54) is 0 Å². The predicted octanol–water partition coefficient (Wildman–Crippen LogP) is 2.90. The molecule has 0 atom stereocenters. The number of carbonyl (C=O) groups excluding carboxylic acids is 1. The maximum absolute atomic E-state index is 12.6. The summed E-state index contributed by atoms with van der Waals surface area (Å²) in [7, 11) is 0. The first-order valence-electron chi connectivity index (χ1n) is 4.79. The summed E-state index contributed by atoms with van der Waals surface area (Å²) in [6.45, 7) is -0.917. The van der Waals surface area contributed by atoms with Gasteiger partial charge in [0.05, 0.1) is 0 Å². The van der Waals surface area contributed by atoms with Crippen molar-refractivity contribution in [3.8, 4) is 0 Å². The van der Waals surface area contributed by atoms with E-state index < -0.39 is 36.6 Å². The lowest BCUT2D eigenvalue weighted by atomic mass is 10.3. The highest BCUT2D eigenvalue weighted by atomic mass is 19.4. The Morgan fingerprint density at radius 3 is 1.94 bits per heavy atom. The number of rotatable bonds is 3. The van der Waals surface area contributed by atoms with Gasteiger partial charge in [0.25, 0.3) is 0 Å². The standard InChI is InChI=1S/C7H5F7O2/c1-3(2)4(15)16-7(13,14)5(8,9)6(10,11)12/h1H2,2H3/i2D3. The fourth-order valence-corrected chi connectivity index (χ4v) is 0.407. The largest absolute Gasteiger partial charge is 0.476 e. The predicted molar refractivity (Wildman–Crippen MR) is 36.9 cm³/mol. The van der Waals surface area contributed by atoms with E-state index in [0.29, 0.717) is 0 Å². The first kappa shape index (κ1) is 9.91. The normalized spacial score (nSPS) is 17.1. The average Bonchev–Trinajstić information content (AvgIpc) is 2.12. The number of alkyl halides is 7. The van der Waals surface area contributed by atoms with Crippen molar-refractivity contribution in [1.29, 1.82) is 0 Å². The zero-order chi connectivity index (χ0) is 15.9. The highest BCUT2D eigenvalue weighted by Crippen LogP contribution is 2.47. The van der Waals surface area contributed by atoms with E-state index in [1.54, 1.807) is 0 Å². The minimum atomic E-state index is -6.70. The molecule has 0 aliphatic carbocycles. The second-order valence-electron chi connectivity index (χ2n) is 2.46. The molecule has 0 spiro atoms. The van der Waals surface area contributed by atoms with Gasteiger partial charge < -0.3 is 4.74 Å². The topological polar surface area (TPSA) is 26.3 Å². The van der Waals surface area contributed by atoms with Gasteiger partial charge in [0.2, 0.25) is 0 Å². The Labute approximate surface area is 88.9 Å². The molecular weight excluding hydrogens is 249 g/mol. The summed E-state index contributed by atoms with van der Waals surface area (Å²) in [5.74, 6) is -9.26. The first-order chi connectivity index (χ1) is 8.04. The van der Waals surface area contributed by atoms with E-state index in [-0.39, 0.29) is 0 Å². The molecule has 0 aliphatic rings. The van der Waals surface area contributed by atoms with Crippen LogP contribution in [0, 0.1) is 0 Å². The third-order valence-corrected chi connectivity index (χ3v) is 1.19. The molecule has 0 aliphatic heterocycles. The Hall–Kier alpha value is -1.28. The van der Waals surface area contributed by atoms with Gasteiger partial charge in [-0.1, -0.05) is 6.58 Å². The minimum Gasteiger partial charge on any atom is -0.392 e. The van der Waals surface area contributed by atoms with Crippen LogP contribution in [0.5, 0.6) is 0 Å². The number of ether oxygens (including phenoxy) is 1. The summed E-state index contributed by atoms with van der Waals surface area (Å²) in [5, 5.41) is 0. The molecular formula is C7H5F7O2. The fourth-order valence-electron chi connectivity index (χ4n) is 0.407. The second-order valence-corrected chi connectivity index (χ2v) is 2.46. The number of esters is 1. The van der Waals surface area contributed by atoms with Gasteiger partial charge in [-0.25, -0.2) is 4.79 Å². The molecule has 0 amide bonds. The quantitative estimate of drug-likeness (QED) is 0.441. The molecule has 0 heterocycles. The Bertz CT molecular complexity index is 385. The third kappa shape index (κ3) is 2.64. The molecule has 16 heavy (non-hydrogen) atoms. The molecule has 0 aromatic carbocycles. The van der Waals surface area contributed by atoms with Crippen LogP contribution in [0.3, 0.4) is 0 Å². The maximum Gasteiger partial charge on any atom is 0.476 e. The van der Waals surface area contributed by atoms with Crippen molar-refractivity contribution in [3.63, 3.8) is 0 Å². The molecule has 0 aromatic rings. The molecule has 9 heteroatoms. The SMILES string of the molecule is [2H]C([2H])([2H])C(=C)C(=O)OC(F)(F)C(F)(F)C(F)(F)F. The first-order valence-corrected chi connectivity index (χ1v) is 3.29. The highest BCUT2D eigenvalue weighted by Gasteiger charge is 2.76. The van der Waals surface area contributed by atoms with Crippen molar-refractivity contribution in [3.05, 3.63) is 12.2 Å². The summed E-state index contributed by atoms with van der Waals surface area (Å²) in [4.78, 5) is 10.7. The summed E-state index contributed by atoms with van der Waals surface area (Å²) in [6, 6.07) is 0. The zero-order valence-corrected chi connectivity index (χ0v) is 7.17. The van der Waals surface area contributed by atoms with Gasteiger partial charge >= 0.3 is 24.2 Å². The van der Waals surface area contributed by atoms with Gasteiger partial charge in [-0.2, -0.15) is 30.7 Å². The molecule has 0 aromatic heterocycles. The van der Waals surface area contributed by atoms with E-state index in [9.17, 15) is 35.5 Å². The van der Waals surface area contributed by atoms with E-state index in [4.69, 9.17) is 4.11 Å². The van der Waals surface area contributed by atoms with Crippen molar-refractivity contribution in [2.24, 2.45) is 0 Å². The van der Waals surface area contributed by atoms with Crippen molar-refractivity contribution in [1.82, 2.24) is 0 Å². The summed E-state index contributed by atoms with van der Waals surface area (Å²) in [6.07, 6.45) is -13.0. The van der Waals surface area contributed by atoms with E-state index in [0.717, 1.165) is 0 Å². The van der Waals surface area contributed by atoms with Crippen LogP contribution in [0.1, 0.15) is 11.0 Å². The molecule has 0 N–H and O–H groups in total. The van der Waals surface area contributed by atoms with Gasteiger partial charge in [-0.15, -0.1) is 0 Å². The van der Waals surface area contributed by atoms with Crippen LogP contribution in [0.4, 0.5) is 30.7 Å². The van der Waals surface area contributed by atoms with E-state index >= 15 is 0 Å². The average molecular weight is 257 g/mol. The van der Waals surface area contributed by atoms with Crippen LogP contribution in [-0.2, 0) is 9.53 Å². The molecule has 0 saturated heterocycles.